The van der Waals surface area contributed by atoms with Gasteiger partial charge in [-0.15, -0.1) is 0 Å². The number of hydrogen-bond donors (Lipinski definition) is 2. The first-order valence-corrected chi connectivity index (χ1v) is 8.03. The van der Waals surface area contributed by atoms with Gasteiger partial charge in [0.1, 0.15) is 10.8 Å². The Morgan fingerprint density at radius 2 is 2.36 bits per heavy atom. The smallest absolute Gasteiger partial charge is 0.244 e. The first kappa shape index (κ1) is 16.7. The highest BCUT2D eigenvalue weighted by molar-refractivity contribution is 7.08. The number of thiophene rings is 1. The summed E-state index contributed by atoms with van der Waals surface area (Å²) in [5.41, 5.74) is 1.16. The van der Waals surface area contributed by atoms with E-state index in [-0.39, 0.29) is 12.5 Å². The standard InChI is InChI=1S/C15H18ClN3O2S/c1-10-12(14(16)19(3)18-10)4-5-13(20)17-9-15(2,21)11-6-7-22-8-11/h4-8,21H,9H2,1-3H3,(H,17,20). The molecule has 7 heteroatoms. The van der Waals surface area contributed by atoms with Crippen LogP contribution < -0.4 is 5.32 Å². The molecule has 0 saturated heterocycles. The molecule has 2 aromatic rings. The number of rotatable bonds is 5. The van der Waals surface area contributed by atoms with Crippen molar-refractivity contribution in [3.8, 4) is 0 Å². The summed E-state index contributed by atoms with van der Waals surface area (Å²) in [4.78, 5) is 11.9. The van der Waals surface area contributed by atoms with E-state index in [0.717, 1.165) is 11.3 Å². The van der Waals surface area contributed by atoms with Crippen LogP contribution in [0.5, 0.6) is 0 Å². The van der Waals surface area contributed by atoms with Gasteiger partial charge in [0, 0.05) is 18.7 Å². The molecule has 0 radical (unpaired) electrons. The van der Waals surface area contributed by atoms with E-state index < -0.39 is 5.60 Å². The van der Waals surface area contributed by atoms with Gasteiger partial charge < -0.3 is 10.4 Å². The molecule has 2 aromatic heterocycles. The molecule has 0 aliphatic heterocycles. The highest BCUT2D eigenvalue weighted by Crippen LogP contribution is 2.22. The van der Waals surface area contributed by atoms with E-state index >= 15 is 0 Å². The number of aliphatic hydroxyl groups is 1. The largest absolute Gasteiger partial charge is 0.384 e. The number of aromatic nitrogens is 2. The number of carbonyl (C=O) groups is 1. The van der Waals surface area contributed by atoms with Crippen molar-refractivity contribution < 1.29 is 9.90 Å². The second-order valence-electron chi connectivity index (χ2n) is 5.25. The molecule has 0 fully saturated rings. The Morgan fingerprint density at radius 3 is 2.91 bits per heavy atom. The average molecular weight is 340 g/mol. The molecule has 1 amide bonds. The quantitative estimate of drug-likeness (QED) is 0.822. The molecule has 0 aliphatic carbocycles. The van der Waals surface area contributed by atoms with Crippen LogP contribution in [-0.2, 0) is 17.4 Å². The Labute approximate surface area is 138 Å². The van der Waals surface area contributed by atoms with Crippen LogP contribution >= 0.6 is 22.9 Å². The third-order valence-electron chi connectivity index (χ3n) is 3.35. The fraction of sp³-hybridized carbons (Fsp3) is 0.333. The second-order valence-corrected chi connectivity index (χ2v) is 6.39. The molecule has 1 unspecified atom stereocenters. The van der Waals surface area contributed by atoms with Gasteiger partial charge in [-0.3, -0.25) is 9.48 Å². The Kier molecular flexibility index (Phi) is 5.05. The van der Waals surface area contributed by atoms with Crippen molar-refractivity contribution >= 4 is 34.9 Å². The maximum atomic E-state index is 11.9. The third-order valence-corrected chi connectivity index (χ3v) is 4.48. The predicted molar refractivity (Wildman–Crippen MR) is 88.9 cm³/mol. The van der Waals surface area contributed by atoms with Gasteiger partial charge >= 0.3 is 0 Å². The maximum Gasteiger partial charge on any atom is 0.244 e. The van der Waals surface area contributed by atoms with E-state index in [1.54, 1.807) is 24.7 Å². The van der Waals surface area contributed by atoms with Crippen molar-refractivity contribution in [2.75, 3.05) is 6.54 Å². The van der Waals surface area contributed by atoms with Gasteiger partial charge in [0.15, 0.2) is 0 Å². The molecular formula is C15H18ClN3O2S. The van der Waals surface area contributed by atoms with Crippen LogP contribution in [0, 0.1) is 6.92 Å². The summed E-state index contributed by atoms with van der Waals surface area (Å²) in [6.07, 6.45) is 3.01. The minimum atomic E-state index is -1.09. The lowest BCUT2D eigenvalue weighted by atomic mass is 9.99. The van der Waals surface area contributed by atoms with Crippen LogP contribution in [0.3, 0.4) is 0 Å². The van der Waals surface area contributed by atoms with Gasteiger partial charge in [-0.05, 0) is 42.3 Å². The van der Waals surface area contributed by atoms with Gasteiger partial charge in [-0.1, -0.05) is 11.6 Å². The molecule has 0 bridgehead atoms. The minimum Gasteiger partial charge on any atom is -0.384 e. The van der Waals surface area contributed by atoms with E-state index in [0.29, 0.717) is 10.7 Å². The Balaban J connectivity index is 1.97. The molecule has 0 aliphatic rings. The normalized spacial score (nSPS) is 14.2. The van der Waals surface area contributed by atoms with Crippen molar-refractivity contribution in [2.24, 2.45) is 7.05 Å². The molecule has 0 aromatic carbocycles. The zero-order valence-corrected chi connectivity index (χ0v) is 14.2. The van der Waals surface area contributed by atoms with Crippen molar-refractivity contribution in [1.82, 2.24) is 15.1 Å². The number of aryl methyl sites for hydroxylation is 2. The summed E-state index contributed by atoms with van der Waals surface area (Å²) in [7, 11) is 1.74. The Hall–Kier alpha value is -1.63. The second kappa shape index (κ2) is 6.64. The summed E-state index contributed by atoms with van der Waals surface area (Å²) in [6.45, 7) is 3.62. The molecule has 22 heavy (non-hydrogen) atoms. The van der Waals surface area contributed by atoms with Crippen molar-refractivity contribution in [3.05, 3.63) is 44.9 Å². The predicted octanol–water partition coefficient (Wildman–Crippen LogP) is 2.48. The molecule has 0 spiro atoms. The highest BCUT2D eigenvalue weighted by atomic mass is 35.5. The fourth-order valence-corrected chi connectivity index (χ4v) is 3.01. The van der Waals surface area contributed by atoms with E-state index in [2.05, 4.69) is 10.4 Å². The van der Waals surface area contributed by atoms with E-state index in [9.17, 15) is 9.90 Å². The Morgan fingerprint density at radius 1 is 1.64 bits per heavy atom. The molecule has 2 rings (SSSR count). The minimum absolute atomic E-state index is 0.132. The van der Waals surface area contributed by atoms with Gasteiger partial charge in [-0.25, -0.2) is 0 Å². The monoisotopic (exact) mass is 339 g/mol. The van der Waals surface area contributed by atoms with Crippen LogP contribution in [0.4, 0.5) is 0 Å². The third kappa shape index (κ3) is 3.76. The molecular weight excluding hydrogens is 322 g/mol. The number of hydrogen-bond acceptors (Lipinski definition) is 4. The lowest BCUT2D eigenvalue weighted by Crippen LogP contribution is -2.37. The summed E-state index contributed by atoms with van der Waals surface area (Å²) >= 11 is 7.60. The average Bonchev–Trinajstić information content (AvgIpc) is 3.06. The van der Waals surface area contributed by atoms with E-state index in [4.69, 9.17) is 11.6 Å². The fourth-order valence-electron chi connectivity index (χ4n) is 1.99. The van der Waals surface area contributed by atoms with E-state index in [1.165, 1.54) is 17.4 Å². The number of nitrogens with zero attached hydrogens (tertiary/aromatic N) is 2. The van der Waals surface area contributed by atoms with E-state index in [1.807, 2.05) is 23.8 Å². The molecule has 2 N–H and O–H groups in total. The number of nitrogens with one attached hydrogen (secondary N) is 1. The number of amides is 1. The Bertz CT molecular complexity index is 690. The zero-order chi connectivity index (χ0) is 16.3. The first-order valence-electron chi connectivity index (χ1n) is 6.71. The van der Waals surface area contributed by atoms with Crippen LogP contribution in [0.2, 0.25) is 5.15 Å². The number of carbonyl (C=O) groups excluding carboxylic acids is 1. The molecule has 1 atom stereocenters. The van der Waals surface area contributed by atoms with Crippen LogP contribution in [0.1, 0.15) is 23.7 Å². The van der Waals surface area contributed by atoms with Gasteiger partial charge in [0.05, 0.1) is 12.2 Å². The summed E-state index contributed by atoms with van der Waals surface area (Å²) in [5, 5.41) is 21.4. The van der Waals surface area contributed by atoms with Crippen LogP contribution in [0.25, 0.3) is 6.08 Å². The molecule has 5 nitrogen and oxygen atoms in total. The maximum absolute atomic E-state index is 11.9. The zero-order valence-electron chi connectivity index (χ0n) is 12.6. The molecule has 118 valence electrons. The summed E-state index contributed by atoms with van der Waals surface area (Å²) in [6, 6.07) is 1.84. The topological polar surface area (TPSA) is 67.2 Å². The first-order chi connectivity index (χ1) is 10.3. The van der Waals surface area contributed by atoms with Gasteiger partial charge in [-0.2, -0.15) is 16.4 Å². The van der Waals surface area contributed by atoms with Gasteiger partial charge in [0.2, 0.25) is 5.91 Å². The van der Waals surface area contributed by atoms with Crippen LogP contribution in [-0.4, -0.2) is 27.3 Å². The molecule has 0 saturated carbocycles. The van der Waals surface area contributed by atoms with Crippen LogP contribution in [0.15, 0.2) is 22.9 Å². The highest BCUT2D eigenvalue weighted by Gasteiger charge is 2.23. The molecule has 2 heterocycles. The van der Waals surface area contributed by atoms with Crippen molar-refractivity contribution in [1.29, 1.82) is 0 Å². The summed E-state index contributed by atoms with van der Waals surface area (Å²) in [5.74, 6) is -0.296. The SMILES string of the molecule is Cc1nn(C)c(Cl)c1C=CC(=O)NCC(C)(O)c1ccsc1. The summed E-state index contributed by atoms with van der Waals surface area (Å²) < 4.78 is 1.55. The number of halogens is 1. The lowest BCUT2D eigenvalue weighted by molar-refractivity contribution is -0.117. The van der Waals surface area contributed by atoms with Crippen molar-refractivity contribution in [2.45, 2.75) is 19.4 Å². The van der Waals surface area contributed by atoms with Gasteiger partial charge in [0.25, 0.3) is 0 Å². The van der Waals surface area contributed by atoms with Crippen molar-refractivity contribution in [3.63, 3.8) is 0 Å². The lowest BCUT2D eigenvalue weighted by Gasteiger charge is -2.22.